The molecule has 3 rings (SSSR count). The second kappa shape index (κ2) is 6.94. The van der Waals surface area contributed by atoms with Crippen LogP contribution >= 0.6 is 0 Å². The number of amides is 1. The monoisotopic (exact) mass is 330 g/mol. The zero-order chi connectivity index (χ0) is 17.1. The molecule has 0 aromatic carbocycles. The van der Waals surface area contributed by atoms with Gasteiger partial charge >= 0.3 is 0 Å². The Labute approximate surface area is 140 Å². The van der Waals surface area contributed by atoms with Crippen molar-refractivity contribution in [3.8, 4) is 0 Å². The van der Waals surface area contributed by atoms with Crippen LogP contribution in [0.3, 0.4) is 0 Å². The van der Waals surface area contributed by atoms with Crippen molar-refractivity contribution in [1.82, 2.24) is 25.2 Å². The Kier molecular flexibility index (Phi) is 4.73. The number of anilines is 1. The molecule has 1 saturated heterocycles. The molecular formula is C16H22N6O2. The maximum absolute atomic E-state index is 12.5. The van der Waals surface area contributed by atoms with Crippen molar-refractivity contribution in [1.29, 1.82) is 0 Å². The molecule has 8 heteroatoms. The van der Waals surface area contributed by atoms with E-state index in [9.17, 15) is 4.79 Å². The molecule has 0 aliphatic carbocycles. The quantitative estimate of drug-likeness (QED) is 0.842. The van der Waals surface area contributed by atoms with Gasteiger partial charge in [0.2, 0.25) is 5.95 Å². The molecule has 1 aliphatic heterocycles. The van der Waals surface area contributed by atoms with Crippen LogP contribution in [0.5, 0.6) is 0 Å². The van der Waals surface area contributed by atoms with Gasteiger partial charge in [-0.05, 0) is 25.7 Å². The van der Waals surface area contributed by atoms with Gasteiger partial charge in [0, 0.05) is 32.5 Å². The maximum Gasteiger partial charge on any atom is 0.257 e. The van der Waals surface area contributed by atoms with Gasteiger partial charge in [0.05, 0.1) is 12.1 Å². The lowest BCUT2D eigenvalue weighted by molar-refractivity contribution is 0.0781. The molecule has 2 aromatic heterocycles. The van der Waals surface area contributed by atoms with Gasteiger partial charge in [0.1, 0.15) is 11.4 Å². The number of hydrogen-bond donors (Lipinski definition) is 0. The SMILES string of the molecule is Cc1nonc1CN(C)C(=O)c1cnc(N2CCCC(C)C2)nc1. The van der Waals surface area contributed by atoms with Crippen molar-refractivity contribution in [2.45, 2.75) is 33.2 Å². The summed E-state index contributed by atoms with van der Waals surface area (Å²) in [7, 11) is 1.71. The Bertz CT molecular complexity index is 699. The van der Waals surface area contributed by atoms with Gasteiger partial charge in [-0.25, -0.2) is 14.6 Å². The van der Waals surface area contributed by atoms with Crippen LogP contribution in [0.1, 0.15) is 41.5 Å². The maximum atomic E-state index is 12.5. The summed E-state index contributed by atoms with van der Waals surface area (Å²) < 4.78 is 4.65. The third-order valence-electron chi connectivity index (χ3n) is 4.31. The number of hydrogen-bond acceptors (Lipinski definition) is 7. The number of carbonyl (C=O) groups is 1. The third-order valence-corrected chi connectivity index (χ3v) is 4.31. The Morgan fingerprint density at radius 2 is 2.12 bits per heavy atom. The summed E-state index contributed by atoms with van der Waals surface area (Å²) in [6.07, 6.45) is 5.58. The van der Waals surface area contributed by atoms with Crippen molar-refractivity contribution < 1.29 is 9.42 Å². The lowest BCUT2D eigenvalue weighted by Gasteiger charge is -2.30. The Morgan fingerprint density at radius 1 is 1.38 bits per heavy atom. The molecule has 0 saturated carbocycles. The molecule has 0 spiro atoms. The smallest absolute Gasteiger partial charge is 0.257 e. The third kappa shape index (κ3) is 3.52. The van der Waals surface area contributed by atoms with E-state index in [0.717, 1.165) is 19.5 Å². The fourth-order valence-corrected chi connectivity index (χ4v) is 2.88. The van der Waals surface area contributed by atoms with Crippen molar-refractivity contribution in [2.75, 3.05) is 25.0 Å². The summed E-state index contributed by atoms with van der Waals surface area (Å²) in [6.45, 7) is 6.29. The van der Waals surface area contributed by atoms with E-state index in [1.807, 2.05) is 0 Å². The number of nitrogens with zero attached hydrogens (tertiary/aromatic N) is 6. The summed E-state index contributed by atoms with van der Waals surface area (Å²) in [4.78, 5) is 25.0. The molecule has 1 aliphatic rings. The minimum atomic E-state index is -0.157. The van der Waals surface area contributed by atoms with Crippen LogP contribution in [0.15, 0.2) is 17.0 Å². The van der Waals surface area contributed by atoms with E-state index in [1.165, 1.54) is 6.42 Å². The first-order valence-electron chi connectivity index (χ1n) is 8.15. The predicted octanol–water partition coefficient (Wildman–Crippen LogP) is 1.68. The van der Waals surface area contributed by atoms with Crippen LogP contribution in [0.25, 0.3) is 0 Å². The van der Waals surface area contributed by atoms with Crippen molar-refractivity contribution in [2.24, 2.45) is 5.92 Å². The second-order valence-electron chi connectivity index (χ2n) is 6.42. The minimum absolute atomic E-state index is 0.157. The normalized spacial score (nSPS) is 17.8. The largest absolute Gasteiger partial charge is 0.341 e. The predicted molar refractivity (Wildman–Crippen MR) is 87.5 cm³/mol. The van der Waals surface area contributed by atoms with E-state index in [2.05, 4.69) is 36.7 Å². The Balaban J connectivity index is 1.66. The molecule has 2 aromatic rings. The summed E-state index contributed by atoms with van der Waals surface area (Å²) in [6, 6.07) is 0. The first-order chi connectivity index (χ1) is 11.5. The summed E-state index contributed by atoms with van der Waals surface area (Å²) in [5.74, 6) is 1.18. The highest BCUT2D eigenvalue weighted by Gasteiger charge is 2.20. The van der Waals surface area contributed by atoms with Crippen LogP contribution in [0.4, 0.5) is 5.95 Å². The molecule has 0 N–H and O–H groups in total. The van der Waals surface area contributed by atoms with Gasteiger partial charge in [-0.15, -0.1) is 0 Å². The zero-order valence-electron chi connectivity index (χ0n) is 14.3. The van der Waals surface area contributed by atoms with Crippen LogP contribution in [-0.2, 0) is 6.54 Å². The van der Waals surface area contributed by atoms with Crippen molar-refractivity contribution in [3.05, 3.63) is 29.3 Å². The lowest BCUT2D eigenvalue weighted by atomic mass is 10.0. The molecule has 1 atom stereocenters. The first kappa shape index (κ1) is 16.4. The van der Waals surface area contributed by atoms with Crippen LogP contribution in [0, 0.1) is 12.8 Å². The standard InChI is InChI=1S/C16H22N6O2/c1-11-5-4-6-22(9-11)16-17-7-13(8-18-16)15(23)21(3)10-14-12(2)19-24-20-14/h7-8,11H,4-6,9-10H2,1-3H3. The minimum Gasteiger partial charge on any atom is -0.341 e. The van der Waals surface area contributed by atoms with E-state index in [1.54, 1.807) is 31.3 Å². The van der Waals surface area contributed by atoms with E-state index >= 15 is 0 Å². The summed E-state index contributed by atoms with van der Waals surface area (Å²) >= 11 is 0. The van der Waals surface area contributed by atoms with Gasteiger partial charge in [-0.3, -0.25) is 4.79 Å². The Morgan fingerprint density at radius 3 is 2.75 bits per heavy atom. The van der Waals surface area contributed by atoms with Crippen molar-refractivity contribution in [3.63, 3.8) is 0 Å². The number of aromatic nitrogens is 4. The lowest BCUT2D eigenvalue weighted by Crippen LogP contribution is -2.35. The summed E-state index contributed by atoms with van der Waals surface area (Å²) in [5, 5.41) is 7.51. The van der Waals surface area contributed by atoms with Gasteiger partial charge in [-0.2, -0.15) is 0 Å². The average Bonchev–Trinajstić information content (AvgIpc) is 2.99. The van der Waals surface area contributed by atoms with Gasteiger partial charge in [-0.1, -0.05) is 17.2 Å². The molecule has 0 radical (unpaired) electrons. The van der Waals surface area contributed by atoms with E-state index < -0.39 is 0 Å². The van der Waals surface area contributed by atoms with Crippen LogP contribution in [0.2, 0.25) is 0 Å². The second-order valence-corrected chi connectivity index (χ2v) is 6.42. The van der Waals surface area contributed by atoms with Crippen molar-refractivity contribution >= 4 is 11.9 Å². The number of carbonyl (C=O) groups excluding carboxylic acids is 1. The molecular weight excluding hydrogens is 308 g/mol. The molecule has 128 valence electrons. The zero-order valence-corrected chi connectivity index (χ0v) is 14.3. The molecule has 24 heavy (non-hydrogen) atoms. The van der Waals surface area contributed by atoms with E-state index in [4.69, 9.17) is 0 Å². The Hall–Kier alpha value is -2.51. The van der Waals surface area contributed by atoms with Gasteiger partial charge in [0.15, 0.2) is 0 Å². The number of rotatable bonds is 4. The van der Waals surface area contributed by atoms with E-state index in [-0.39, 0.29) is 5.91 Å². The molecule has 1 amide bonds. The topological polar surface area (TPSA) is 88.2 Å². The molecule has 0 bridgehead atoms. The average molecular weight is 330 g/mol. The molecule has 1 fully saturated rings. The van der Waals surface area contributed by atoms with Gasteiger partial charge in [0.25, 0.3) is 5.91 Å². The van der Waals surface area contributed by atoms with Crippen LogP contribution in [-0.4, -0.2) is 51.2 Å². The highest BCUT2D eigenvalue weighted by molar-refractivity contribution is 5.93. The van der Waals surface area contributed by atoms with Crippen LogP contribution < -0.4 is 4.90 Å². The highest BCUT2D eigenvalue weighted by atomic mass is 16.6. The highest BCUT2D eigenvalue weighted by Crippen LogP contribution is 2.19. The number of aryl methyl sites for hydroxylation is 1. The molecule has 8 nitrogen and oxygen atoms in total. The fourth-order valence-electron chi connectivity index (χ4n) is 2.88. The molecule has 1 unspecified atom stereocenters. The fraction of sp³-hybridized carbons (Fsp3) is 0.562. The first-order valence-corrected chi connectivity index (χ1v) is 8.15. The summed E-state index contributed by atoms with van der Waals surface area (Å²) in [5.41, 5.74) is 1.78. The van der Waals surface area contributed by atoms with Gasteiger partial charge < -0.3 is 9.80 Å². The number of piperidine rings is 1. The molecule has 3 heterocycles. The van der Waals surface area contributed by atoms with E-state index in [0.29, 0.717) is 35.4 Å².